The van der Waals surface area contributed by atoms with Crippen molar-refractivity contribution in [2.24, 2.45) is 5.41 Å². The summed E-state index contributed by atoms with van der Waals surface area (Å²) in [6.45, 7) is 3.16. The van der Waals surface area contributed by atoms with Crippen LogP contribution in [-0.2, 0) is 4.79 Å². The van der Waals surface area contributed by atoms with E-state index >= 15 is 0 Å². The summed E-state index contributed by atoms with van der Waals surface area (Å²) in [6.07, 6.45) is 4.34. The zero-order valence-corrected chi connectivity index (χ0v) is 11.1. The third kappa shape index (κ3) is 2.77. The number of carboxylic acid groups (broad SMARTS) is 1. The molecule has 1 aliphatic rings. The molecule has 2 heterocycles. The van der Waals surface area contributed by atoms with Crippen LogP contribution < -0.4 is 10.5 Å². The third-order valence-corrected chi connectivity index (χ3v) is 3.75. The van der Waals surface area contributed by atoms with E-state index in [9.17, 15) is 14.7 Å². The van der Waals surface area contributed by atoms with Crippen LogP contribution in [0, 0.1) is 5.41 Å². The fourth-order valence-electron chi connectivity index (χ4n) is 2.82. The summed E-state index contributed by atoms with van der Waals surface area (Å²) in [5.41, 5.74) is -0.927. The smallest absolute Gasteiger partial charge is 0.311 e. The molecule has 6 nitrogen and oxygen atoms in total. The Bertz CT molecular complexity index is 510. The minimum Gasteiger partial charge on any atom is -0.481 e. The molecule has 1 saturated heterocycles. The van der Waals surface area contributed by atoms with Crippen LogP contribution in [0.15, 0.2) is 17.2 Å². The van der Waals surface area contributed by atoms with Gasteiger partial charge in [-0.05, 0) is 19.3 Å². The van der Waals surface area contributed by atoms with Crippen molar-refractivity contribution < 1.29 is 9.90 Å². The zero-order valence-electron chi connectivity index (χ0n) is 11.1. The van der Waals surface area contributed by atoms with Crippen molar-refractivity contribution in [3.05, 3.63) is 22.7 Å². The highest BCUT2D eigenvalue weighted by atomic mass is 16.4. The first-order valence-corrected chi connectivity index (χ1v) is 6.60. The van der Waals surface area contributed by atoms with E-state index in [0.717, 1.165) is 19.4 Å². The number of aromatic amines is 1. The van der Waals surface area contributed by atoms with Crippen LogP contribution >= 0.6 is 0 Å². The van der Waals surface area contributed by atoms with Gasteiger partial charge >= 0.3 is 5.97 Å². The average molecular weight is 265 g/mol. The number of aromatic nitrogens is 2. The number of carboxylic acids is 1. The van der Waals surface area contributed by atoms with Gasteiger partial charge in [-0.15, -0.1) is 0 Å². The molecule has 0 aliphatic carbocycles. The Kier molecular flexibility index (Phi) is 3.87. The Morgan fingerprint density at radius 3 is 3.05 bits per heavy atom. The van der Waals surface area contributed by atoms with Crippen LogP contribution in [0.25, 0.3) is 0 Å². The van der Waals surface area contributed by atoms with Crippen LogP contribution in [0.1, 0.15) is 32.6 Å². The summed E-state index contributed by atoms with van der Waals surface area (Å²) >= 11 is 0. The fraction of sp³-hybridized carbons (Fsp3) is 0.615. The summed E-state index contributed by atoms with van der Waals surface area (Å²) in [5.74, 6) is -0.186. The molecule has 1 aliphatic heterocycles. The van der Waals surface area contributed by atoms with E-state index in [0.29, 0.717) is 25.2 Å². The van der Waals surface area contributed by atoms with E-state index in [4.69, 9.17) is 0 Å². The van der Waals surface area contributed by atoms with Crippen molar-refractivity contribution >= 4 is 11.8 Å². The van der Waals surface area contributed by atoms with E-state index in [2.05, 4.69) is 9.97 Å². The molecule has 0 spiro atoms. The van der Waals surface area contributed by atoms with Gasteiger partial charge in [-0.25, -0.2) is 4.98 Å². The van der Waals surface area contributed by atoms with Crippen molar-refractivity contribution in [1.29, 1.82) is 0 Å². The molecular weight excluding hydrogens is 246 g/mol. The van der Waals surface area contributed by atoms with Crippen LogP contribution in [-0.4, -0.2) is 34.1 Å². The molecule has 1 unspecified atom stereocenters. The van der Waals surface area contributed by atoms with Crippen molar-refractivity contribution in [2.75, 3.05) is 18.0 Å². The first-order chi connectivity index (χ1) is 9.07. The van der Waals surface area contributed by atoms with Gasteiger partial charge in [0.05, 0.1) is 11.7 Å². The molecule has 1 atom stereocenters. The number of hydrogen-bond acceptors (Lipinski definition) is 4. The summed E-state index contributed by atoms with van der Waals surface area (Å²) in [5, 5.41) is 9.52. The van der Waals surface area contributed by atoms with E-state index < -0.39 is 11.4 Å². The normalized spacial score (nSPS) is 23.3. The van der Waals surface area contributed by atoms with Gasteiger partial charge in [0.15, 0.2) is 0 Å². The van der Waals surface area contributed by atoms with Gasteiger partial charge in [0.25, 0.3) is 5.56 Å². The van der Waals surface area contributed by atoms with E-state index in [1.807, 2.05) is 11.8 Å². The number of carbonyl (C=O) groups is 1. The van der Waals surface area contributed by atoms with Crippen molar-refractivity contribution in [2.45, 2.75) is 32.6 Å². The van der Waals surface area contributed by atoms with Crippen molar-refractivity contribution in [3.8, 4) is 0 Å². The van der Waals surface area contributed by atoms with E-state index in [-0.39, 0.29) is 5.56 Å². The lowest BCUT2D eigenvalue weighted by Gasteiger charge is -2.40. The molecule has 0 amide bonds. The second-order valence-electron chi connectivity index (χ2n) is 5.13. The van der Waals surface area contributed by atoms with E-state index in [1.54, 1.807) is 0 Å². The molecule has 2 N–H and O–H groups in total. The van der Waals surface area contributed by atoms with Gasteiger partial charge in [-0.1, -0.05) is 13.3 Å². The van der Waals surface area contributed by atoms with Crippen molar-refractivity contribution in [3.63, 3.8) is 0 Å². The Morgan fingerprint density at radius 2 is 2.42 bits per heavy atom. The lowest BCUT2D eigenvalue weighted by Crippen LogP contribution is -2.48. The van der Waals surface area contributed by atoms with Crippen LogP contribution in [0.3, 0.4) is 0 Å². The highest BCUT2D eigenvalue weighted by Crippen LogP contribution is 2.36. The molecule has 0 bridgehead atoms. The number of H-pyrrole nitrogens is 1. The average Bonchev–Trinajstić information content (AvgIpc) is 2.39. The maximum atomic E-state index is 11.6. The maximum absolute atomic E-state index is 11.6. The lowest BCUT2D eigenvalue weighted by molar-refractivity contribution is -0.150. The maximum Gasteiger partial charge on any atom is 0.311 e. The SMILES string of the molecule is CCCC1(C(=O)O)CCCN(c2cc(=O)[nH]cn2)C1. The molecule has 1 fully saturated rings. The second kappa shape index (κ2) is 5.42. The standard InChI is InChI=1S/C13H19N3O3/c1-2-4-13(12(18)19)5-3-6-16(8-13)10-7-11(17)15-9-14-10/h7,9H,2-6,8H2,1H3,(H,18,19)(H,14,15,17). The van der Waals surface area contributed by atoms with Crippen LogP contribution in [0.5, 0.6) is 0 Å². The van der Waals surface area contributed by atoms with Crippen LogP contribution in [0.2, 0.25) is 0 Å². The van der Waals surface area contributed by atoms with Gasteiger partial charge in [0.2, 0.25) is 0 Å². The fourth-order valence-corrected chi connectivity index (χ4v) is 2.82. The number of hydrogen-bond donors (Lipinski definition) is 2. The number of aliphatic carboxylic acids is 1. The number of nitrogens with zero attached hydrogens (tertiary/aromatic N) is 2. The number of rotatable bonds is 4. The minimum absolute atomic E-state index is 0.216. The first kappa shape index (κ1) is 13.6. The Morgan fingerprint density at radius 1 is 1.63 bits per heavy atom. The predicted molar refractivity (Wildman–Crippen MR) is 71.3 cm³/mol. The van der Waals surface area contributed by atoms with E-state index in [1.165, 1.54) is 12.4 Å². The topological polar surface area (TPSA) is 86.3 Å². The molecule has 0 radical (unpaired) electrons. The summed E-state index contributed by atoms with van der Waals surface area (Å²) < 4.78 is 0. The summed E-state index contributed by atoms with van der Waals surface area (Å²) in [6, 6.07) is 1.42. The van der Waals surface area contributed by atoms with Gasteiger partial charge in [0, 0.05) is 19.2 Å². The largest absolute Gasteiger partial charge is 0.481 e. The quantitative estimate of drug-likeness (QED) is 0.855. The number of nitrogens with one attached hydrogen (secondary N) is 1. The van der Waals surface area contributed by atoms with Gasteiger partial charge in [-0.3, -0.25) is 9.59 Å². The van der Waals surface area contributed by atoms with Gasteiger partial charge in [0.1, 0.15) is 5.82 Å². The van der Waals surface area contributed by atoms with Gasteiger partial charge in [-0.2, -0.15) is 0 Å². The molecule has 0 saturated carbocycles. The molecule has 104 valence electrons. The Hall–Kier alpha value is -1.85. The highest BCUT2D eigenvalue weighted by Gasteiger charge is 2.41. The summed E-state index contributed by atoms with van der Waals surface area (Å²) in [4.78, 5) is 31.4. The predicted octanol–water partition coefficient (Wildman–Crippen LogP) is 1.24. The Labute approximate surface area is 111 Å². The van der Waals surface area contributed by atoms with Crippen LogP contribution in [0.4, 0.5) is 5.82 Å². The first-order valence-electron chi connectivity index (χ1n) is 6.60. The molecule has 1 aromatic heterocycles. The number of piperidine rings is 1. The minimum atomic E-state index is -0.746. The molecular formula is C13H19N3O3. The molecule has 6 heteroatoms. The summed E-state index contributed by atoms with van der Waals surface area (Å²) in [7, 11) is 0. The van der Waals surface area contributed by atoms with Crippen molar-refractivity contribution in [1.82, 2.24) is 9.97 Å². The molecule has 2 rings (SSSR count). The van der Waals surface area contributed by atoms with Gasteiger partial charge < -0.3 is 15.0 Å². The highest BCUT2D eigenvalue weighted by molar-refractivity contribution is 5.76. The Balaban J connectivity index is 2.25. The number of anilines is 1. The molecule has 1 aromatic rings. The third-order valence-electron chi connectivity index (χ3n) is 3.75. The molecule has 19 heavy (non-hydrogen) atoms. The zero-order chi connectivity index (χ0) is 13.9. The second-order valence-corrected chi connectivity index (χ2v) is 5.13. The monoisotopic (exact) mass is 265 g/mol. The molecule has 0 aromatic carbocycles. The lowest BCUT2D eigenvalue weighted by atomic mass is 9.76.